The summed E-state index contributed by atoms with van der Waals surface area (Å²) in [7, 11) is 3.36. The molecule has 0 saturated carbocycles. The van der Waals surface area contributed by atoms with Gasteiger partial charge in [-0.3, -0.25) is 14.6 Å². The second-order valence-corrected chi connectivity index (χ2v) is 11.0. The number of thiazole rings is 1. The number of aryl methyl sites for hydroxylation is 1. The lowest BCUT2D eigenvalue weighted by Crippen LogP contribution is -2.22. The van der Waals surface area contributed by atoms with Crippen molar-refractivity contribution in [3.63, 3.8) is 0 Å². The lowest BCUT2D eigenvalue weighted by Gasteiger charge is -2.17. The summed E-state index contributed by atoms with van der Waals surface area (Å²) < 4.78 is 14.7. The van der Waals surface area contributed by atoms with Gasteiger partial charge in [0.1, 0.15) is 11.9 Å². The molecule has 3 aromatic heterocycles. The lowest BCUT2D eigenvalue weighted by atomic mass is 9.95. The topological polar surface area (TPSA) is 116 Å². The molecule has 1 unspecified atom stereocenters. The fraction of sp³-hybridized carbons (Fsp3) is 0.240. The molecule has 0 spiro atoms. The Hall–Kier alpha value is -3.54. The SMILES string of the molecule is CC(=O)Nc1nc2c(s1)-c1c(c(-c3cccnc3)nn1-c1ccc(C(=O)N(C)C)cc1[S+](C)[O-])CC2. The van der Waals surface area contributed by atoms with E-state index in [2.05, 4.69) is 15.3 Å². The predicted octanol–water partition coefficient (Wildman–Crippen LogP) is 3.55. The summed E-state index contributed by atoms with van der Waals surface area (Å²) in [6.45, 7) is 1.45. The summed E-state index contributed by atoms with van der Waals surface area (Å²) in [6, 6.07) is 9.01. The van der Waals surface area contributed by atoms with E-state index in [0.29, 0.717) is 34.1 Å². The monoisotopic (exact) mass is 520 g/mol. The molecule has 1 aliphatic carbocycles. The number of carbonyl (C=O) groups is 2. The molecule has 9 nitrogen and oxygen atoms in total. The van der Waals surface area contributed by atoms with Crippen molar-refractivity contribution in [2.45, 2.75) is 24.7 Å². The van der Waals surface area contributed by atoms with Crippen LogP contribution < -0.4 is 5.32 Å². The summed E-state index contributed by atoms with van der Waals surface area (Å²) in [5, 5.41) is 8.31. The number of hydrogen-bond acceptors (Lipinski definition) is 7. The van der Waals surface area contributed by atoms with Crippen LogP contribution in [0.25, 0.3) is 27.5 Å². The van der Waals surface area contributed by atoms with Gasteiger partial charge in [0.2, 0.25) is 5.91 Å². The molecule has 1 aliphatic rings. The standard InChI is InChI=1S/C25H24N6O3S2/c1-14(32)27-25-28-18-9-8-17-21(16-6-5-11-26-13-16)29-31(22(17)23(18)35-25)19-10-7-15(24(33)30(2)3)12-20(19)36(4)34/h5-7,10-13H,8-9H2,1-4H3,(H,27,28,32). The van der Waals surface area contributed by atoms with Crippen molar-refractivity contribution < 1.29 is 14.1 Å². The summed E-state index contributed by atoms with van der Waals surface area (Å²) in [4.78, 5) is 36.1. The van der Waals surface area contributed by atoms with Gasteiger partial charge in [0.25, 0.3) is 5.91 Å². The summed E-state index contributed by atoms with van der Waals surface area (Å²) in [6.07, 6.45) is 6.49. The quantitative estimate of drug-likeness (QED) is 0.402. The minimum atomic E-state index is -1.39. The first-order valence-corrected chi connectivity index (χ1v) is 13.6. The zero-order chi connectivity index (χ0) is 25.6. The van der Waals surface area contributed by atoms with Crippen LogP contribution in [0, 0.1) is 0 Å². The van der Waals surface area contributed by atoms with Crippen molar-refractivity contribution in [1.82, 2.24) is 24.6 Å². The van der Waals surface area contributed by atoms with E-state index in [1.807, 2.05) is 12.1 Å². The fourth-order valence-electron chi connectivity index (χ4n) is 4.29. The minimum Gasteiger partial charge on any atom is -0.612 e. The van der Waals surface area contributed by atoms with Crippen LogP contribution in [0.2, 0.25) is 0 Å². The molecule has 3 heterocycles. The number of nitrogens with zero attached hydrogens (tertiary/aromatic N) is 5. The molecule has 0 aliphatic heterocycles. The highest BCUT2D eigenvalue weighted by atomic mass is 32.2. The fourth-order valence-corrected chi connectivity index (χ4v) is 6.15. The average molecular weight is 521 g/mol. The molecule has 1 atom stereocenters. The predicted molar refractivity (Wildman–Crippen MR) is 140 cm³/mol. The number of pyridine rings is 1. The van der Waals surface area contributed by atoms with Gasteiger partial charge in [-0.2, -0.15) is 5.10 Å². The van der Waals surface area contributed by atoms with Crippen LogP contribution in [-0.4, -0.2) is 61.4 Å². The van der Waals surface area contributed by atoms with Gasteiger partial charge in [-0.25, -0.2) is 9.67 Å². The van der Waals surface area contributed by atoms with E-state index in [9.17, 15) is 14.1 Å². The summed E-state index contributed by atoms with van der Waals surface area (Å²) in [5.41, 5.74) is 5.51. The van der Waals surface area contributed by atoms with Crippen molar-refractivity contribution in [1.29, 1.82) is 0 Å². The Kier molecular flexibility index (Phi) is 6.37. The maximum absolute atomic E-state index is 12.9. The van der Waals surface area contributed by atoms with Crippen molar-refractivity contribution in [3.05, 3.63) is 59.5 Å². The van der Waals surface area contributed by atoms with Gasteiger partial charge >= 0.3 is 0 Å². The first-order chi connectivity index (χ1) is 17.2. The highest BCUT2D eigenvalue weighted by Crippen LogP contribution is 2.44. The zero-order valence-corrected chi connectivity index (χ0v) is 21.9. The lowest BCUT2D eigenvalue weighted by molar-refractivity contribution is -0.114. The number of fused-ring (bicyclic) bond motifs is 3. The van der Waals surface area contributed by atoms with Crippen LogP contribution in [0.5, 0.6) is 0 Å². The third-order valence-electron chi connectivity index (χ3n) is 5.88. The molecule has 0 bridgehead atoms. The Labute approximate surface area is 215 Å². The molecular weight excluding hydrogens is 496 g/mol. The van der Waals surface area contributed by atoms with Gasteiger partial charge < -0.3 is 14.8 Å². The zero-order valence-electron chi connectivity index (χ0n) is 20.2. The van der Waals surface area contributed by atoms with Gasteiger partial charge in [-0.1, -0.05) is 11.3 Å². The third kappa shape index (κ3) is 4.29. The molecule has 4 aromatic rings. The van der Waals surface area contributed by atoms with Gasteiger partial charge in [-0.15, -0.1) is 0 Å². The number of nitrogens with one attached hydrogen (secondary N) is 1. The summed E-state index contributed by atoms with van der Waals surface area (Å²) >= 11 is 0.00315. The Bertz CT molecular complexity index is 1480. The number of benzene rings is 1. The number of anilines is 1. The largest absolute Gasteiger partial charge is 0.612 e. The third-order valence-corrected chi connectivity index (χ3v) is 7.84. The maximum atomic E-state index is 12.9. The van der Waals surface area contributed by atoms with Gasteiger partial charge in [0.15, 0.2) is 10.0 Å². The van der Waals surface area contributed by atoms with E-state index >= 15 is 0 Å². The second kappa shape index (κ2) is 9.49. The van der Waals surface area contributed by atoms with Crippen molar-refractivity contribution in [2.24, 2.45) is 0 Å². The molecule has 11 heteroatoms. The van der Waals surface area contributed by atoms with E-state index in [1.165, 1.54) is 23.2 Å². The Balaban J connectivity index is 1.76. The summed E-state index contributed by atoms with van der Waals surface area (Å²) in [5.74, 6) is -0.354. The van der Waals surface area contributed by atoms with E-state index in [0.717, 1.165) is 33.1 Å². The van der Waals surface area contributed by atoms with Crippen LogP contribution >= 0.6 is 11.3 Å². The highest BCUT2D eigenvalue weighted by Gasteiger charge is 2.32. The first-order valence-electron chi connectivity index (χ1n) is 11.2. The molecule has 36 heavy (non-hydrogen) atoms. The van der Waals surface area contributed by atoms with Crippen LogP contribution in [-0.2, 0) is 28.8 Å². The van der Waals surface area contributed by atoms with E-state index in [4.69, 9.17) is 5.10 Å². The number of hydrogen-bond donors (Lipinski definition) is 1. The van der Waals surface area contributed by atoms with Crippen LogP contribution in [0.4, 0.5) is 5.13 Å². The van der Waals surface area contributed by atoms with E-state index in [-0.39, 0.29) is 11.8 Å². The Morgan fingerprint density at radius 1 is 1.22 bits per heavy atom. The van der Waals surface area contributed by atoms with Gasteiger partial charge in [-0.05, 0) is 48.3 Å². The second-order valence-electron chi connectivity index (χ2n) is 8.64. The first kappa shape index (κ1) is 24.2. The maximum Gasteiger partial charge on any atom is 0.253 e. The smallest absolute Gasteiger partial charge is 0.253 e. The molecule has 1 N–H and O–H groups in total. The molecule has 0 radical (unpaired) electrons. The van der Waals surface area contributed by atoms with Crippen LogP contribution in [0.3, 0.4) is 0 Å². The molecule has 5 rings (SSSR count). The minimum absolute atomic E-state index is 0.170. The van der Waals surface area contributed by atoms with Gasteiger partial charge in [0, 0.05) is 56.2 Å². The van der Waals surface area contributed by atoms with Crippen molar-refractivity contribution >= 4 is 39.5 Å². The highest BCUT2D eigenvalue weighted by molar-refractivity contribution is 7.90. The van der Waals surface area contributed by atoms with Crippen LogP contribution in [0.1, 0.15) is 28.5 Å². The number of carbonyl (C=O) groups excluding carboxylic acids is 2. The molecule has 0 saturated heterocycles. The normalized spacial score (nSPS) is 13.0. The number of rotatable bonds is 5. The van der Waals surface area contributed by atoms with E-state index < -0.39 is 11.2 Å². The average Bonchev–Trinajstić information content (AvgIpc) is 3.44. The van der Waals surface area contributed by atoms with Crippen molar-refractivity contribution in [3.8, 4) is 27.5 Å². The van der Waals surface area contributed by atoms with Crippen LogP contribution in [0.15, 0.2) is 47.6 Å². The Morgan fingerprint density at radius 2 is 2.03 bits per heavy atom. The number of aromatic nitrogens is 4. The van der Waals surface area contributed by atoms with E-state index in [1.54, 1.807) is 55.6 Å². The molecular formula is C25H24N6O3S2. The number of amides is 2. The van der Waals surface area contributed by atoms with Gasteiger partial charge in [0.05, 0.1) is 22.0 Å². The molecule has 1 aromatic carbocycles. The molecule has 0 fully saturated rings. The molecule has 2 amide bonds. The van der Waals surface area contributed by atoms with Crippen molar-refractivity contribution in [2.75, 3.05) is 25.7 Å². The Morgan fingerprint density at radius 3 is 2.69 bits per heavy atom. The molecule has 184 valence electrons.